The van der Waals surface area contributed by atoms with Crippen molar-refractivity contribution in [2.75, 3.05) is 0 Å². The van der Waals surface area contributed by atoms with E-state index in [1.807, 2.05) is 24.0 Å². The standard InChI is InChI=1S/C14H20N4S/c1-3-4-11-12(9-16-10-5-6-10)19-14(17-11)13-15-7-8-18(13)2/h7-8,10,16H,3-6,9H2,1-2H3. The largest absolute Gasteiger partial charge is 0.332 e. The zero-order valence-corrected chi connectivity index (χ0v) is 12.3. The molecule has 0 aromatic carbocycles. The van der Waals surface area contributed by atoms with E-state index in [4.69, 9.17) is 4.98 Å². The van der Waals surface area contributed by atoms with Gasteiger partial charge in [0.2, 0.25) is 0 Å². The van der Waals surface area contributed by atoms with Gasteiger partial charge < -0.3 is 9.88 Å². The molecule has 0 unspecified atom stereocenters. The van der Waals surface area contributed by atoms with E-state index in [0.29, 0.717) is 0 Å². The molecule has 1 aliphatic rings. The fourth-order valence-corrected chi connectivity index (χ4v) is 3.24. The number of hydrogen-bond acceptors (Lipinski definition) is 4. The predicted octanol–water partition coefficient (Wildman–Crippen LogP) is 2.75. The summed E-state index contributed by atoms with van der Waals surface area (Å²) >= 11 is 1.78. The summed E-state index contributed by atoms with van der Waals surface area (Å²) in [6.45, 7) is 3.17. The SMILES string of the molecule is CCCc1nc(-c2nccn2C)sc1CNC1CC1. The lowest BCUT2D eigenvalue weighted by atomic mass is 10.2. The van der Waals surface area contributed by atoms with Crippen LogP contribution in [-0.4, -0.2) is 20.6 Å². The average Bonchev–Trinajstić information content (AvgIpc) is 3.00. The van der Waals surface area contributed by atoms with Crippen LogP contribution in [0.3, 0.4) is 0 Å². The first-order valence-electron chi connectivity index (χ1n) is 6.97. The number of imidazole rings is 1. The summed E-state index contributed by atoms with van der Waals surface area (Å²) in [7, 11) is 2.02. The average molecular weight is 276 g/mol. The molecule has 3 rings (SSSR count). The van der Waals surface area contributed by atoms with Gasteiger partial charge in [0.1, 0.15) is 0 Å². The van der Waals surface area contributed by atoms with Crippen LogP contribution < -0.4 is 5.32 Å². The van der Waals surface area contributed by atoms with Crippen LogP contribution in [0.4, 0.5) is 0 Å². The van der Waals surface area contributed by atoms with Crippen LogP contribution in [0.25, 0.3) is 10.8 Å². The molecule has 0 radical (unpaired) electrons. The lowest BCUT2D eigenvalue weighted by molar-refractivity contribution is 0.686. The van der Waals surface area contributed by atoms with Gasteiger partial charge in [-0.3, -0.25) is 0 Å². The molecule has 102 valence electrons. The highest BCUT2D eigenvalue weighted by Gasteiger charge is 2.22. The quantitative estimate of drug-likeness (QED) is 0.882. The van der Waals surface area contributed by atoms with E-state index < -0.39 is 0 Å². The Morgan fingerprint density at radius 3 is 2.95 bits per heavy atom. The highest BCUT2D eigenvalue weighted by atomic mass is 32.1. The zero-order valence-electron chi connectivity index (χ0n) is 11.5. The molecule has 2 heterocycles. The summed E-state index contributed by atoms with van der Waals surface area (Å²) in [5, 5.41) is 4.63. The third-order valence-corrected chi connectivity index (χ3v) is 4.50. The second kappa shape index (κ2) is 5.43. The van der Waals surface area contributed by atoms with Gasteiger partial charge in [-0.05, 0) is 19.3 Å². The van der Waals surface area contributed by atoms with Crippen molar-refractivity contribution in [3.8, 4) is 10.8 Å². The number of nitrogens with one attached hydrogen (secondary N) is 1. The Balaban J connectivity index is 1.84. The third kappa shape index (κ3) is 2.87. The predicted molar refractivity (Wildman–Crippen MR) is 78.2 cm³/mol. The number of hydrogen-bond donors (Lipinski definition) is 1. The molecule has 0 atom stereocenters. The Kier molecular flexibility index (Phi) is 3.66. The first kappa shape index (κ1) is 12.8. The molecule has 0 aliphatic heterocycles. The maximum atomic E-state index is 4.80. The molecule has 1 saturated carbocycles. The normalized spacial score (nSPS) is 15.1. The van der Waals surface area contributed by atoms with E-state index in [-0.39, 0.29) is 0 Å². The number of nitrogens with zero attached hydrogens (tertiary/aromatic N) is 3. The Labute approximate surface area is 117 Å². The Bertz CT molecular complexity index is 554. The van der Waals surface area contributed by atoms with Crippen molar-refractivity contribution >= 4 is 11.3 Å². The Morgan fingerprint density at radius 1 is 1.47 bits per heavy atom. The highest BCUT2D eigenvalue weighted by Crippen LogP contribution is 2.28. The minimum absolute atomic E-state index is 0.744. The molecule has 0 amide bonds. The van der Waals surface area contributed by atoms with Crippen molar-refractivity contribution in [1.82, 2.24) is 19.9 Å². The second-order valence-electron chi connectivity index (χ2n) is 5.16. The Morgan fingerprint density at radius 2 is 2.32 bits per heavy atom. The van der Waals surface area contributed by atoms with Gasteiger partial charge in [0.05, 0.1) is 5.69 Å². The van der Waals surface area contributed by atoms with Crippen LogP contribution in [0.5, 0.6) is 0 Å². The van der Waals surface area contributed by atoms with Crippen molar-refractivity contribution < 1.29 is 0 Å². The zero-order chi connectivity index (χ0) is 13.2. The van der Waals surface area contributed by atoms with E-state index in [1.165, 1.54) is 23.4 Å². The number of thiazole rings is 1. The van der Waals surface area contributed by atoms with Gasteiger partial charge in [0, 0.05) is 36.9 Å². The van der Waals surface area contributed by atoms with Gasteiger partial charge in [0.15, 0.2) is 10.8 Å². The van der Waals surface area contributed by atoms with E-state index >= 15 is 0 Å². The topological polar surface area (TPSA) is 42.7 Å². The van der Waals surface area contributed by atoms with E-state index in [0.717, 1.165) is 36.3 Å². The first-order chi connectivity index (χ1) is 9.28. The van der Waals surface area contributed by atoms with Crippen molar-refractivity contribution in [1.29, 1.82) is 0 Å². The molecule has 1 aliphatic carbocycles. The third-order valence-electron chi connectivity index (χ3n) is 3.41. The van der Waals surface area contributed by atoms with Gasteiger partial charge in [-0.2, -0.15) is 0 Å². The molecule has 19 heavy (non-hydrogen) atoms. The summed E-state index contributed by atoms with van der Waals surface area (Å²) in [5.74, 6) is 0.972. The van der Waals surface area contributed by atoms with Gasteiger partial charge in [0.25, 0.3) is 0 Å². The van der Waals surface area contributed by atoms with Crippen LogP contribution in [-0.2, 0) is 20.0 Å². The van der Waals surface area contributed by atoms with Crippen molar-refractivity contribution in [3.63, 3.8) is 0 Å². The maximum Gasteiger partial charge on any atom is 0.168 e. The molecule has 5 heteroatoms. The smallest absolute Gasteiger partial charge is 0.168 e. The lowest BCUT2D eigenvalue weighted by Crippen LogP contribution is -2.15. The van der Waals surface area contributed by atoms with Crippen LogP contribution in [0.2, 0.25) is 0 Å². The minimum Gasteiger partial charge on any atom is -0.332 e. The number of rotatable bonds is 6. The molecule has 4 nitrogen and oxygen atoms in total. The molecule has 0 bridgehead atoms. The molecule has 1 fully saturated rings. The summed E-state index contributed by atoms with van der Waals surface area (Å²) in [5.41, 5.74) is 1.25. The maximum absolute atomic E-state index is 4.80. The van der Waals surface area contributed by atoms with Crippen LogP contribution in [0.1, 0.15) is 36.8 Å². The molecular formula is C14H20N4S. The molecular weight excluding hydrogens is 256 g/mol. The van der Waals surface area contributed by atoms with E-state index in [2.05, 4.69) is 17.2 Å². The van der Waals surface area contributed by atoms with Crippen molar-refractivity contribution in [3.05, 3.63) is 23.0 Å². The van der Waals surface area contributed by atoms with Crippen LogP contribution in [0.15, 0.2) is 12.4 Å². The molecule has 0 saturated heterocycles. The molecule has 1 N–H and O–H groups in total. The number of aromatic nitrogens is 3. The van der Waals surface area contributed by atoms with Crippen LogP contribution in [0, 0.1) is 0 Å². The van der Waals surface area contributed by atoms with Crippen LogP contribution >= 0.6 is 11.3 Å². The summed E-state index contributed by atoms with van der Waals surface area (Å²) in [6.07, 6.45) is 8.65. The highest BCUT2D eigenvalue weighted by molar-refractivity contribution is 7.15. The fraction of sp³-hybridized carbons (Fsp3) is 0.571. The number of aryl methyl sites for hydroxylation is 2. The van der Waals surface area contributed by atoms with Crippen molar-refractivity contribution in [2.45, 2.75) is 45.2 Å². The first-order valence-corrected chi connectivity index (χ1v) is 7.79. The lowest BCUT2D eigenvalue weighted by Gasteiger charge is -2.01. The van der Waals surface area contributed by atoms with E-state index in [9.17, 15) is 0 Å². The summed E-state index contributed by atoms with van der Waals surface area (Å²) < 4.78 is 2.03. The van der Waals surface area contributed by atoms with Gasteiger partial charge in [-0.15, -0.1) is 11.3 Å². The monoisotopic (exact) mass is 276 g/mol. The van der Waals surface area contributed by atoms with Gasteiger partial charge in [-0.25, -0.2) is 9.97 Å². The molecule has 2 aromatic rings. The second-order valence-corrected chi connectivity index (χ2v) is 6.24. The summed E-state index contributed by atoms with van der Waals surface area (Å²) in [4.78, 5) is 10.6. The fourth-order valence-electron chi connectivity index (χ4n) is 2.15. The minimum atomic E-state index is 0.744. The Hall–Kier alpha value is -1.20. The van der Waals surface area contributed by atoms with Crippen molar-refractivity contribution in [2.24, 2.45) is 7.05 Å². The molecule has 2 aromatic heterocycles. The summed E-state index contributed by atoms with van der Waals surface area (Å²) in [6, 6.07) is 0.744. The van der Waals surface area contributed by atoms with E-state index in [1.54, 1.807) is 11.3 Å². The van der Waals surface area contributed by atoms with Gasteiger partial charge in [-0.1, -0.05) is 13.3 Å². The van der Waals surface area contributed by atoms with Gasteiger partial charge >= 0.3 is 0 Å². The molecule has 0 spiro atoms.